The van der Waals surface area contributed by atoms with E-state index in [1.54, 1.807) is 12.4 Å². The fourth-order valence-corrected chi connectivity index (χ4v) is 0.672. The lowest BCUT2D eigenvalue weighted by atomic mass is 10.3. The van der Waals surface area contributed by atoms with Crippen LogP contribution in [0.2, 0.25) is 0 Å². The van der Waals surface area contributed by atoms with Crippen molar-refractivity contribution >= 4 is 11.9 Å². The summed E-state index contributed by atoms with van der Waals surface area (Å²) in [5.74, 6) is 0. The number of halogens is 1. The zero-order valence-corrected chi connectivity index (χ0v) is 5.51. The third-order valence-electron chi connectivity index (χ3n) is 0.944. The molecule has 0 aliphatic carbocycles. The first-order valence-corrected chi connectivity index (χ1v) is 2.87. The summed E-state index contributed by atoms with van der Waals surface area (Å²) in [6.45, 7) is 0.412. The summed E-state index contributed by atoms with van der Waals surface area (Å²) in [5.41, 5.74) is 0.979. The molecule has 3 heteroatoms. The van der Waals surface area contributed by atoms with Crippen molar-refractivity contribution in [3.63, 3.8) is 0 Å². The summed E-state index contributed by atoms with van der Waals surface area (Å²) in [4.78, 5) is 3.86. The molecule has 0 spiro atoms. The van der Waals surface area contributed by atoms with E-state index in [0.717, 1.165) is 5.56 Å². The highest BCUT2D eigenvalue weighted by Gasteiger charge is 1.87. The lowest BCUT2D eigenvalue weighted by molar-refractivity contribution is 0.340. The van der Waals surface area contributed by atoms with E-state index in [1.165, 1.54) is 0 Å². The van der Waals surface area contributed by atoms with E-state index in [9.17, 15) is 0 Å². The van der Waals surface area contributed by atoms with Gasteiger partial charge in [0.25, 0.3) is 0 Å². The summed E-state index contributed by atoms with van der Waals surface area (Å²) in [5, 5.41) is 0. The van der Waals surface area contributed by atoms with Gasteiger partial charge < -0.3 is 0 Å². The Balaban J connectivity index is 2.61. The van der Waals surface area contributed by atoms with Crippen LogP contribution in [0.4, 0.5) is 0 Å². The fourth-order valence-electron chi connectivity index (χ4n) is 0.546. The molecule has 1 aromatic rings. The van der Waals surface area contributed by atoms with E-state index < -0.39 is 0 Å². The Bertz CT molecular complexity index is 166. The van der Waals surface area contributed by atoms with Crippen molar-refractivity contribution in [1.82, 2.24) is 4.98 Å². The maximum absolute atomic E-state index is 5.01. The summed E-state index contributed by atoms with van der Waals surface area (Å²) in [6, 6.07) is 3.74. The van der Waals surface area contributed by atoms with Crippen LogP contribution in [-0.2, 0) is 10.9 Å². The van der Waals surface area contributed by atoms with Crippen molar-refractivity contribution in [3.8, 4) is 0 Å². The Morgan fingerprint density at radius 3 is 3.11 bits per heavy atom. The molecule has 0 fully saturated rings. The summed E-state index contributed by atoms with van der Waals surface area (Å²) >= 11 is 5.01. The Morgan fingerprint density at radius 1 is 1.67 bits per heavy atom. The molecule has 0 aliphatic rings. The van der Waals surface area contributed by atoms with Gasteiger partial charge in [-0.2, -0.15) is 0 Å². The molecule has 0 atom stereocenters. The SMILES string of the molecule is ClOCc1cccnc1. The average molecular weight is 144 g/mol. The predicted molar refractivity (Wildman–Crippen MR) is 34.9 cm³/mol. The molecule has 0 saturated heterocycles. The topological polar surface area (TPSA) is 22.1 Å². The first kappa shape index (κ1) is 6.52. The normalized spacial score (nSPS) is 9.44. The summed E-state index contributed by atoms with van der Waals surface area (Å²) in [7, 11) is 0. The zero-order chi connectivity index (χ0) is 6.53. The van der Waals surface area contributed by atoms with Gasteiger partial charge in [0, 0.05) is 12.4 Å². The molecule has 0 saturated carbocycles. The Morgan fingerprint density at radius 2 is 2.56 bits per heavy atom. The highest BCUT2D eigenvalue weighted by atomic mass is 35.5. The summed E-state index contributed by atoms with van der Waals surface area (Å²) < 4.78 is 4.36. The highest BCUT2D eigenvalue weighted by molar-refractivity contribution is 6.07. The third kappa shape index (κ3) is 2.00. The lowest BCUT2D eigenvalue weighted by Crippen LogP contribution is -1.82. The molecular formula is C6H6ClNO. The van der Waals surface area contributed by atoms with E-state index in [2.05, 4.69) is 9.27 Å². The lowest BCUT2D eigenvalue weighted by Gasteiger charge is -1.92. The van der Waals surface area contributed by atoms with Crippen molar-refractivity contribution in [1.29, 1.82) is 0 Å². The highest BCUT2D eigenvalue weighted by Crippen LogP contribution is 1.98. The van der Waals surface area contributed by atoms with E-state index in [1.807, 2.05) is 12.1 Å². The maximum Gasteiger partial charge on any atom is 0.0948 e. The first-order valence-electron chi connectivity index (χ1n) is 2.56. The minimum absolute atomic E-state index is 0.412. The van der Waals surface area contributed by atoms with E-state index >= 15 is 0 Å². The first-order chi connectivity index (χ1) is 4.43. The van der Waals surface area contributed by atoms with Crippen LogP contribution in [0.25, 0.3) is 0 Å². The number of hydrogen-bond acceptors (Lipinski definition) is 2. The quantitative estimate of drug-likeness (QED) is 0.629. The van der Waals surface area contributed by atoms with Gasteiger partial charge in [-0.3, -0.25) is 9.27 Å². The molecule has 1 aromatic heterocycles. The van der Waals surface area contributed by atoms with Crippen molar-refractivity contribution in [3.05, 3.63) is 30.1 Å². The Kier molecular flexibility index (Phi) is 2.48. The smallest absolute Gasteiger partial charge is 0.0948 e. The molecule has 0 N–H and O–H groups in total. The second-order valence-corrected chi connectivity index (χ2v) is 1.83. The van der Waals surface area contributed by atoms with Crippen LogP contribution in [-0.4, -0.2) is 4.98 Å². The van der Waals surface area contributed by atoms with Crippen LogP contribution < -0.4 is 0 Å². The average Bonchev–Trinajstić information content (AvgIpc) is 1.91. The molecule has 0 radical (unpaired) electrons. The standard InChI is InChI=1S/C6H6ClNO/c7-9-5-6-2-1-3-8-4-6/h1-4H,5H2. The maximum atomic E-state index is 5.01. The van der Waals surface area contributed by atoms with Crippen LogP contribution in [0.1, 0.15) is 5.56 Å². The van der Waals surface area contributed by atoms with Crippen molar-refractivity contribution < 1.29 is 4.29 Å². The molecular weight excluding hydrogens is 138 g/mol. The van der Waals surface area contributed by atoms with Gasteiger partial charge in [0.15, 0.2) is 0 Å². The molecule has 1 rings (SSSR count). The minimum Gasteiger partial charge on any atom is -0.274 e. The van der Waals surface area contributed by atoms with Crippen LogP contribution in [0.15, 0.2) is 24.5 Å². The molecule has 0 aliphatic heterocycles. The number of hydrogen-bond donors (Lipinski definition) is 0. The Hall–Kier alpha value is -0.600. The second kappa shape index (κ2) is 3.43. The zero-order valence-electron chi connectivity index (χ0n) is 4.75. The molecule has 0 unspecified atom stereocenters. The molecule has 0 amide bonds. The van der Waals surface area contributed by atoms with Crippen molar-refractivity contribution in [2.45, 2.75) is 6.61 Å². The monoisotopic (exact) mass is 143 g/mol. The number of rotatable bonds is 2. The number of pyridine rings is 1. The van der Waals surface area contributed by atoms with E-state index in [0.29, 0.717) is 6.61 Å². The van der Waals surface area contributed by atoms with Gasteiger partial charge in [0.05, 0.1) is 18.5 Å². The summed E-state index contributed by atoms with van der Waals surface area (Å²) in [6.07, 6.45) is 3.42. The van der Waals surface area contributed by atoms with E-state index in [-0.39, 0.29) is 0 Å². The fraction of sp³-hybridized carbons (Fsp3) is 0.167. The Labute approximate surface area is 58.6 Å². The molecule has 2 nitrogen and oxygen atoms in total. The van der Waals surface area contributed by atoms with Crippen LogP contribution in [0.5, 0.6) is 0 Å². The van der Waals surface area contributed by atoms with Gasteiger partial charge >= 0.3 is 0 Å². The second-order valence-electron chi connectivity index (χ2n) is 1.61. The van der Waals surface area contributed by atoms with Gasteiger partial charge in [-0.15, -0.1) is 0 Å². The van der Waals surface area contributed by atoms with Gasteiger partial charge in [0.2, 0.25) is 0 Å². The predicted octanol–water partition coefficient (Wildman–Crippen LogP) is 1.75. The molecule has 0 aromatic carbocycles. The number of aromatic nitrogens is 1. The molecule has 48 valence electrons. The molecule has 1 heterocycles. The van der Waals surface area contributed by atoms with Crippen LogP contribution >= 0.6 is 11.9 Å². The van der Waals surface area contributed by atoms with Gasteiger partial charge in [0.1, 0.15) is 0 Å². The van der Waals surface area contributed by atoms with Crippen LogP contribution in [0.3, 0.4) is 0 Å². The largest absolute Gasteiger partial charge is 0.274 e. The third-order valence-corrected chi connectivity index (χ3v) is 1.05. The molecule has 0 bridgehead atoms. The van der Waals surface area contributed by atoms with E-state index in [4.69, 9.17) is 11.9 Å². The minimum atomic E-state index is 0.412. The van der Waals surface area contributed by atoms with Crippen molar-refractivity contribution in [2.75, 3.05) is 0 Å². The molecule has 9 heavy (non-hydrogen) atoms. The van der Waals surface area contributed by atoms with Gasteiger partial charge in [-0.05, 0) is 11.6 Å². The van der Waals surface area contributed by atoms with Gasteiger partial charge in [-0.25, -0.2) is 0 Å². The van der Waals surface area contributed by atoms with Crippen molar-refractivity contribution in [2.24, 2.45) is 0 Å². The van der Waals surface area contributed by atoms with Crippen LogP contribution in [0, 0.1) is 0 Å². The number of nitrogens with zero attached hydrogens (tertiary/aromatic N) is 1. The van der Waals surface area contributed by atoms with Gasteiger partial charge in [-0.1, -0.05) is 6.07 Å².